The number of methoxy groups -OCH3 is 1. The van der Waals surface area contributed by atoms with Crippen LogP contribution >= 0.6 is 0 Å². The minimum Gasteiger partial charge on any atom is -0.474 e. The first-order chi connectivity index (χ1) is 11.7. The molecule has 1 saturated heterocycles. The zero-order valence-corrected chi connectivity index (χ0v) is 14.5. The van der Waals surface area contributed by atoms with Crippen LogP contribution < -0.4 is 9.47 Å². The van der Waals surface area contributed by atoms with Crippen molar-refractivity contribution in [3.63, 3.8) is 0 Å². The lowest BCUT2D eigenvalue weighted by Crippen LogP contribution is -2.38. The summed E-state index contributed by atoms with van der Waals surface area (Å²) in [5.74, 6) is 0.760. The van der Waals surface area contributed by atoms with Crippen LogP contribution in [-0.4, -0.2) is 46.2 Å². The molecule has 2 aromatic rings. The van der Waals surface area contributed by atoms with E-state index in [0.29, 0.717) is 6.01 Å². The van der Waals surface area contributed by atoms with Gasteiger partial charge in [-0.05, 0) is 32.8 Å². The molecule has 0 N–H and O–H groups in total. The van der Waals surface area contributed by atoms with Crippen molar-refractivity contribution in [2.45, 2.75) is 39.3 Å². The molecule has 3 rings (SSSR count). The van der Waals surface area contributed by atoms with Crippen LogP contribution in [-0.2, 0) is 6.54 Å². The van der Waals surface area contributed by atoms with Gasteiger partial charge in [0.25, 0.3) is 0 Å². The Hall–Kier alpha value is -2.21. The highest BCUT2D eigenvalue weighted by molar-refractivity contribution is 5.23. The summed E-state index contributed by atoms with van der Waals surface area (Å²) >= 11 is 0. The molecule has 0 saturated carbocycles. The van der Waals surface area contributed by atoms with E-state index in [4.69, 9.17) is 9.47 Å². The van der Waals surface area contributed by atoms with Crippen molar-refractivity contribution < 1.29 is 9.47 Å². The van der Waals surface area contributed by atoms with Gasteiger partial charge in [0.15, 0.2) is 0 Å². The van der Waals surface area contributed by atoms with Gasteiger partial charge in [0.1, 0.15) is 6.10 Å². The van der Waals surface area contributed by atoms with Gasteiger partial charge in [-0.3, -0.25) is 4.90 Å². The Bertz CT molecular complexity index is 684. The van der Waals surface area contributed by atoms with Crippen molar-refractivity contribution in [2.24, 2.45) is 0 Å². The first kappa shape index (κ1) is 16.6. The molecule has 3 heterocycles. The number of ether oxygens (including phenoxy) is 2. The molecule has 24 heavy (non-hydrogen) atoms. The third kappa shape index (κ3) is 4.00. The highest BCUT2D eigenvalue weighted by Gasteiger charge is 2.22. The lowest BCUT2D eigenvalue weighted by molar-refractivity contribution is 0.0924. The van der Waals surface area contributed by atoms with Gasteiger partial charge in [-0.2, -0.15) is 0 Å². The van der Waals surface area contributed by atoms with Crippen LogP contribution in [0.2, 0.25) is 0 Å². The summed E-state index contributed by atoms with van der Waals surface area (Å²) in [7, 11) is 1.59. The van der Waals surface area contributed by atoms with Gasteiger partial charge in [-0.25, -0.2) is 15.0 Å². The molecule has 0 aliphatic carbocycles. The zero-order valence-electron chi connectivity index (χ0n) is 14.5. The first-order valence-corrected chi connectivity index (χ1v) is 8.33. The monoisotopic (exact) mass is 328 g/mol. The number of pyridine rings is 1. The molecule has 1 aliphatic rings. The Morgan fingerprint density at radius 3 is 2.67 bits per heavy atom. The lowest BCUT2D eigenvalue weighted by Gasteiger charge is -2.32. The molecule has 1 fully saturated rings. The van der Waals surface area contributed by atoms with E-state index in [0.717, 1.165) is 55.2 Å². The van der Waals surface area contributed by atoms with Crippen molar-refractivity contribution in [1.82, 2.24) is 19.9 Å². The van der Waals surface area contributed by atoms with Crippen LogP contribution in [0.1, 0.15) is 29.7 Å². The average Bonchev–Trinajstić information content (AvgIpc) is 2.60. The highest BCUT2D eigenvalue weighted by Crippen LogP contribution is 2.21. The molecule has 0 radical (unpaired) electrons. The molecule has 6 heteroatoms. The quantitative estimate of drug-likeness (QED) is 0.840. The number of hydrogen-bond acceptors (Lipinski definition) is 6. The molecule has 0 atom stereocenters. The van der Waals surface area contributed by atoms with E-state index in [1.807, 2.05) is 32.2 Å². The van der Waals surface area contributed by atoms with Crippen LogP contribution in [0.5, 0.6) is 11.9 Å². The maximum atomic E-state index is 6.06. The van der Waals surface area contributed by atoms with Gasteiger partial charge in [0, 0.05) is 48.8 Å². The molecule has 0 amide bonds. The smallest absolute Gasteiger partial charge is 0.316 e. The second-order valence-electron chi connectivity index (χ2n) is 6.19. The molecule has 0 unspecified atom stereocenters. The second-order valence-corrected chi connectivity index (χ2v) is 6.19. The van der Waals surface area contributed by atoms with E-state index in [9.17, 15) is 0 Å². The number of nitrogens with zero attached hydrogens (tertiary/aromatic N) is 4. The van der Waals surface area contributed by atoms with E-state index in [1.165, 1.54) is 0 Å². The number of aryl methyl sites for hydroxylation is 2. The number of aromatic nitrogens is 3. The molecule has 6 nitrogen and oxygen atoms in total. The summed E-state index contributed by atoms with van der Waals surface area (Å²) in [6.07, 6.45) is 5.89. The van der Waals surface area contributed by atoms with Crippen molar-refractivity contribution in [1.29, 1.82) is 0 Å². The Labute approximate surface area is 142 Å². The molecule has 128 valence electrons. The van der Waals surface area contributed by atoms with Crippen LogP contribution in [0.4, 0.5) is 0 Å². The fraction of sp³-hybridized carbons (Fsp3) is 0.500. The predicted molar refractivity (Wildman–Crippen MR) is 91.2 cm³/mol. The Kier molecular flexibility index (Phi) is 5.25. The van der Waals surface area contributed by atoms with E-state index < -0.39 is 0 Å². The van der Waals surface area contributed by atoms with E-state index >= 15 is 0 Å². The molecular weight excluding hydrogens is 304 g/mol. The largest absolute Gasteiger partial charge is 0.474 e. The second kappa shape index (κ2) is 7.57. The van der Waals surface area contributed by atoms with Crippen LogP contribution in [0.15, 0.2) is 24.5 Å². The van der Waals surface area contributed by atoms with Gasteiger partial charge in [0.05, 0.1) is 7.11 Å². The maximum Gasteiger partial charge on any atom is 0.316 e. The Balaban J connectivity index is 1.53. The van der Waals surface area contributed by atoms with Crippen molar-refractivity contribution in [2.75, 3.05) is 20.2 Å². The van der Waals surface area contributed by atoms with Crippen LogP contribution in [0.25, 0.3) is 0 Å². The van der Waals surface area contributed by atoms with Gasteiger partial charge in [-0.1, -0.05) is 6.07 Å². The van der Waals surface area contributed by atoms with Crippen molar-refractivity contribution in [3.8, 4) is 11.9 Å². The van der Waals surface area contributed by atoms with Gasteiger partial charge >= 0.3 is 6.01 Å². The normalized spacial score (nSPS) is 16.1. The summed E-state index contributed by atoms with van der Waals surface area (Å²) in [5.41, 5.74) is 3.21. The summed E-state index contributed by atoms with van der Waals surface area (Å²) in [6.45, 7) is 6.90. The lowest BCUT2D eigenvalue weighted by atomic mass is 10.1. The number of likely N-dealkylation sites (tertiary alicyclic amines) is 1. The summed E-state index contributed by atoms with van der Waals surface area (Å²) < 4.78 is 11.1. The summed E-state index contributed by atoms with van der Waals surface area (Å²) in [5, 5.41) is 0. The van der Waals surface area contributed by atoms with E-state index in [-0.39, 0.29) is 6.10 Å². The standard InChI is InChI=1S/C18H24N4O2/c1-13-5-4-8-19-17(13)24-16-6-9-22(10-7-16)12-15-11-20-18(23-3)21-14(15)2/h4-5,8,11,16H,6-7,9-10,12H2,1-3H3. The van der Waals surface area contributed by atoms with Crippen LogP contribution in [0.3, 0.4) is 0 Å². The molecule has 2 aromatic heterocycles. The van der Waals surface area contributed by atoms with Gasteiger partial charge in [0.2, 0.25) is 5.88 Å². The third-order valence-corrected chi connectivity index (χ3v) is 4.41. The molecule has 0 aromatic carbocycles. The van der Waals surface area contributed by atoms with Crippen LogP contribution in [0, 0.1) is 13.8 Å². The molecule has 0 bridgehead atoms. The molecule has 1 aliphatic heterocycles. The number of hydrogen-bond donors (Lipinski definition) is 0. The van der Waals surface area contributed by atoms with Crippen molar-refractivity contribution in [3.05, 3.63) is 41.3 Å². The third-order valence-electron chi connectivity index (χ3n) is 4.41. The summed E-state index contributed by atoms with van der Waals surface area (Å²) in [6, 6.07) is 4.39. The average molecular weight is 328 g/mol. The highest BCUT2D eigenvalue weighted by atomic mass is 16.5. The zero-order chi connectivity index (χ0) is 16.9. The first-order valence-electron chi connectivity index (χ1n) is 8.33. The fourth-order valence-corrected chi connectivity index (χ4v) is 2.90. The minimum absolute atomic E-state index is 0.239. The SMILES string of the molecule is COc1ncc(CN2CCC(Oc3ncccc3C)CC2)c(C)n1. The maximum absolute atomic E-state index is 6.06. The fourth-order valence-electron chi connectivity index (χ4n) is 2.90. The number of piperidine rings is 1. The van der Waals surface area contributed by atoms with Gasteiger partial charge in [-0.15, -0.1) is 0 Å². The Morgan fingerprint density at radius 2 is 2.00 bits per heavy atom. The number of rotatable bonds is 5. The van der Waals surface area contributed by atoms with Gasteiger partial charge < -0.3 is 9.47 Å². The molecule has 0 spiro atoms. The van der Waals surface area contributed by atoms with E-state index in [2.05, 4.69) is 19.9 Å². The summed E-state index contributed by atoms with van der Waals surface area (Å²) in [4.78, 5) is 15.3. The predicted octanol–water partition coefficient (Wildman–Crippen LogP) is 2.54. The van der Waals surface area contributed by atoms with E-state index in [1.54, 1.807) is 13.3 Å². The van der Waals surface area contributed by atoms with Crippen molar-refractivity contribution >= 4 is 0 Å². The minimum atomic E-state index is 0.239. The molecular formula is C18H24N4O2. The Morgan fingerprint density at radius 1 is 1.21 bits per heavy atom. The topological polar surface area (TPSA) is 60.4 Å².